The fraction of sp³-hybridized carbons (Fsp3) is 0. The van der Waals surface area contributed by atoms with Crippen LogP contribution in [0.5, 0.6) is 0 Å². The number of rotatable bonds is 7. The van der Waals surface area contributed by atoms with E-state index in [0.29, 0.717) is 0 Å². The van der Waals surface area contributed by atoms with Crippen molar-refractivity contribution < 1.29 is 0 Å². The molecule has 0 aromatic heterocycles. The van der Waals surface area contributed by atoms with E-state index in [9.17, 15) is 0 Å². The van der Waals surface area contributed by atoms with Crippen molar-refractivity contribution in [3.8, 4) is 55.6 Å². The second-order valence-electron chi connectivity index (χ2n) is 16.4. The van der Waals surface area contributed by atoms with E-state index in [2.05, 4.69) is 259 Å². The van der Waals surface area contributed by atoms with Gasteiger partial charge in [-0.05, 0) is 121 Å². The maximum absolute atomic E-state index is 2.53. The molecule has 0 saturated carbocycles. The van der Waals surface area contributed by atoms with E-state index in [4.69, 9.17) is 0 Å². The first-order valence-electron chi connectivity index (χ1n) is 21.8. The van der Waals surface area contributed by atoms with E-state index in [1.807, 2.05) is 0 Å². The molecule has 3 heteroatoms. The molecule has 0 saturated heterocycles. The van der Waals surface area contributed by atoms with E-state index in [1.165, 1.54) is 94.8 Å². The van der Waals surface area contributed by atoms with Crippen molar-refractivity contribution in [2.24, 2.45) is 0 Å². The lowest BCUT2D eigenvalue weighted by molar-refractivity contribution is 1.25. The molecule has 0 atom stereocenters. The van der Waals surface area contributed by atoms with Gasteiger partial charge in [-0.15, -0.1) is 0 Å². The van der Waals surface area contributed by atoms with Gasteiger partial charge in [0.05, 0.1) is 0 Å². The van der Waals surface area contributed by atoms with Crippen molar-refractivity contribution in [1.82, 2.24) is 0 Å². The Hall–Kier alpha value is -8.14. The zero-order valence-electron chi connectivity index (χ0n) is 34.6. The molecule has 0 fully saturated rings. The number of anilines is 6. The maximum atomic E-state index is 2.53. The van der Waals surface area contributed by atoms with Crippen LogP contribution in [0.2, 0.25) is 0 Å². The quantitative estimate of drug-likeness (QED) is 0.148. The Balaban J connectivity index is 1.26. The van der Waals surface area contributed by atoms with Gasteiger partial charge in [0.15, 0.2) is 0 Å². The summed E-state index contributed by atoms with van der Waals surface area (Å²) in [5.74, 6) is 0. The van der Waals surface area contributed by atoms with Crippen LogP contribution in [0, 0.1) is 0 Å². The van der Waals surface area contributed by atoms with E-state index in [0.717, 1.165) is 11.4 Å². The minimum absolute atomic E-state index is 0.0932. The first-order chi connectivity index (χ1) is 31.3. The number of para-hydroxylation sites is 2. The van der Waals surface area contributed by atoms with E-state index < -0.39 is 0 Å². The summed E-state index contributed by atoms with van der Waals surface area (Å²) in [5.41, 5.74) is 22.8. The van der Waals surface area contributed by atoms with Crippen molar-refractivity contribution in [2.75, 3.05) is 9.80 Å². The lowest BCUT2D eigenvalue weighted by Crippen LogP contribution is -2.61. The molecule has 0 N–H and O–H groups in total. The van der Waals surface area contributed by atoms with Gasteiger partial charge in [-0.2, -0.15) is 0 Å². The monoisotopic (exact) mass is 800 g/mol. The number of benzene rings is 10. The highest BCUT2D eigenvalue weighted by Gasteiger charge is 2.44. The highest BCUT2D eigenvalue weighted by molar-refractivity contribution is 7.00. The average molecular weight is 801 g/mol. The molecule has 2 aliphatic rings. The second kappa shape index (κ2) is 15.4. The predicted octanol–water partition coefficient (Wildman–Crippen LogP) is 14.1. The Morgan fingerprint density at radius 3 is 0.857 bits per heavy atom. The molecule has 0 bridgehead atoms. The van der Waals surface area contributed by atoms with Crippen molar-refractivity contribution in [3.63, 3.8) is 0 Å². The van der Waals surface area contributed by atoms with Crippen molar-refractivity contribution >= 4 is 57.2 Å². The highest BCUT2D eigenvalue weighted by Crippen LogP contribution is 2.49. The van der Waals surface area contributed by atoms with E-state index >= 15 is 0 Å². The molecule has 0 unspecified atom stereocenters. The van der Waals surface area contributed by atoms with E-state index in [-0.39, 0.29) is 6.71 Å². The first kappa shape index (κ1) is 36.7. The average Bonchev–Trinajstić information content (AvgIpc) is 3.37. The molecule has 0 amide bonds. The van der Waals surface area contributed by atoms with E-state index in [1.54, 1.807) is 0 Å². The largest absolute Gasteiger partial charge is 0.311 e. The Bertz CT molecular complexity index is 3050. The zero-order chi connectivity index (χ0) is 41.7. The fourth-order valence-corrected chi connectivity index (χ4v) is 10.0. The zero-order valence-corrected chi connectivity index (χ0v) is 34.6. The summed E-state index contributed by atoms with van der Waals surface area (Å²) < 4.78 is 0. The number of nitrogens with zero attached hydrogens (tertiary/aromatic N) is 2. The third kappa shape index (κ3) is 6.28. The van der Waals surface area contributed by atoms with Crippen LogP contribution in [-0.2, 0) is 0 Å². The molecular formula is C60H41BN2. The molecule has 2 heterocycles. The SMILES string of the molecule is c1ccc(-c2cc3c4c(c2)N(c2ccccc2)c2cc(-c5ccccc5)c(-c5ccccc5)cc2B4c2cc(-c4ccccc4)c(-c4ccccc4)cc2N3c2ccccc2)cc1. The summed E-state index contributed by atoms with van der Waals surface area (Å²) in [6.07, 6.45) is 0. The smallest absolute Gasteiger partial charge is 0.252 e. The number of hydrogen-bond acceptors (Lipinski definition) is 2. The van der Waals surface area contributed by atoms with Gasteiger partial charge in [0, 0.05) is 34.1 Å². The first-order valence-corrected chi connectivity index (χ1v) is 21.8. The minimum Gasteiger partial charge on any atom is -0.311 e. The van der Waals surface area contributed by atoms with Crippen LogP contribution in [0.4, 0.5) is 34.1 Å². The fourth-order valence-electron chi connectivity index (χ4n) is 10.0. The summed E-state index contributed by atoms with van der Waals surface area (Å²) in [7, 11) is 0. The molecule has 0 aliphatic carbocycles. The van der Waals surface area contributed by atoms with Crippen LogP contribution < -0.4 is 26.2 Å². The molecule has 10 aromatic rings. The molecular weight excluding hydrogens is 759 g/mol. The van der Waals surface area contributed by atoms with Gasteiger partial charge in [-0.3, -0.25) is 0 Å². The van der Waals surface area contributed by atoms with Crippen LogP contribution in [0.1, 0.15) is 0 Å². The Kier molecular flexibility index (Phi) is 8.97. The molecule has 0 spiro atoms. The Labute approximate surface area is 369 Å². The van der Waals surface area contributed by atoms with Crippen LogP contribution in [0.15, 0.2) is 249 Å². The van der Waals surface area contributed by atoms with Crippen molar-refractivity contribution in [3.05, 3.63) is 249 Å². The summed E-state index contributed by atoms with van der Waals surface area (Å²) in [6, 6.07) is 91.2. The molecule has 10 aromatic carbocycles. The Morgan fingerprint density at radius 1 is 0.238 bits per heavy atom. The standard InChI is InChI=1S/C60H41BN2/c1-8-22-42(23-9-1)47-36-58-60-59(37-47)63(49-34-20-7-21-35-49)57-41-53(46-30-16-5-17-31-46)51(44-26-12-3-13-27-44)39-55(57)61(60)54-38-50(43-24-10-2-11-25-43)52(45-28-14-4-15-29-45)40-56(54)62(58)48-32-18-6-19-33-48/h1-41H. The molecule has 2 aliphatic heterocycles. The second-order valence-corrected chi connectivity index (χ2v) is 16.4. The van der Waals surface area contributed by atoms with Crippen LogP contribution >= 0.6 is 0 Å². The van der Waals surface area contributed by atoms with Gasteiger partial charge < -0.3 is 9.80 Å². The van der Waals surface area contributed by atoms with Crippen molar-refractivity contribution in [1.29, 1.82) is 0 Å². The lowest BCUT2D eigenvalue weighted by atomic mass is 9.33. The van der Waals surface area contributed by atoms with Crippen LogP contribution in [-0.4, -0.2) is 6.71 Å². The molecule has 294 valence electrons. The normalized spacial score (nSPS) is 12.3. The van der Waals surface area contributed by atoms with Crippen LogP contribution in [0.3, 0.4) is 0 Å². The highest BCUT2D eigenvalue weighted by atomic mass is 15.2. The predicted molar refractivity (Wildman–Crippen MR) is 268 cm³/mol. The van der Waals surface area contributed by atoms with Gasteiger partial charge in [-0.1, -0.05) is 200 Å². The summed E-state index contributed by atoms with van der Waals surface area (Å²) in [5, 5.41) is 0. The molecule has 12 rings (SSSR count). The number of fused-ring (bicyclic) bond motifs is 4. The molecule has 2 nitrogen and oxygen atoms in total. The van der Waals surface area contributed by atoms with Gasteiger partial charge in [0.25, 0.3) is 6.71 Å². The van der Waals surface area contributed by atoms with Gasteiger partial charge >= 0.3 is 0 Å². The lowest BCUT2D eigenvalue weighted by Gasteiger charge is -2.45. The van der Waals surface area contributed by atoms with Gasteiger partial charge in [0.2, 0.25) is 0 Å². The van der Waals surface area contributed by atoms with Crippen LogP contribution in [0.25, 0.3) is 55.6 Å². The Morgan fingerprint density at radius 2 is 0.524 bits per heavy atom. The third-order valence-corrected chi connectivity index (χ3v) is 12.8. The minimum atomic E-state index is -0.0932. The topological polar surface area (TPSA) is 6.48 Å². The third-order valence-electron chi connectivity index (χ3n) is 12.8. The summed E-state index contributed by atoms with van der Waals surface area (Å²) in [4.78, 5) is 5.06. The van der Waals surface area contributed by atoms with Crippen molar-refractivity contribution in [2.45, 2.75) is 0 Å². The molecule has 0 radical (unpaired) electrons. The molecule has 63 heavy (non-hydrogen) atoms. The van der Waals surface area contributed by atoms with Gasteiger partial charge in [0.1, 0.15) is 0 Å². The maximum Gasteiger partial charge on any atom is 0.252 e. The summed E-state index contributed by atoms with van der Waals surface area (Å²) in [6.45, 7) is -0.0932. The number of hydrogen-bond donors (Lipinski definition) is 0. The van der Waals surface area contributed by atoms with Gasteiger partial charge in [-0.25, -0.2) is 0 Å². The summed E-state index contributed by atoms with van der Waals surface area (Å²) >= 11 is 0.